The minimum atomic E-state index is 0.124. The fourth-order valence-electron chi connectivity index (χ4n) is 2.69. The molecule has 1 aliphatic rings. The first-order valence-corrected chi connectivity index (χ1v) is 8.36. The lowest BCUT2D eigenvalue weighted by Gasteiger charge is -2.26. The number of hydrogen-bond acceptors (Lipinski definition) is 2. The Labute approximate surface area is 131 Å². The van der Waals surface area contributed by atoms with Gasteiger partial charge in [-0.05, 0) is 42.7 Å². The van der Waals surface area contributed by atoms with Gasteiger partial charge in [-0.25, -0.2) is 0 Å². The minimum Gasteiger partial charge on any atom is -0.490 e. The Morgan fingerprint density at radius 3 is 2.10 bits per heavy atom. The van der Waals surface area contributed by atoms with Gasteiger partial charge < -0.3 is 9.64 Å². The predicted octanol–water partition coefficient (Wildman–Crippen LogP) is 5.40. The van der Waals surface area contributed by atoms with Gasteiger partial charge in [-0.15, -0.1) is 0 Å². The Kier molecular flexibility index (Phi) is 6.57. The van der Waals surface area contributed by atoms with Crippen molar-refractivity contribution in [2.75, 3.05) is 19.0 Å². The van der Waals surface area contributed by atoms with Gasteiger partial charge in [0.15, 0.2) is 0 Å². The fraction of sp³-hybridized carbons (Fsp3) is 0.684. The van der Waals surface area contributed by atoms with Gasteiger partial charge in [-0.3, -0.25) is 0 Å². The molecule has 1 fully saturated rings. The van der Waals surface area contributed by atoms with Gasteiger partial charge in [0.05, 0.1) is 6.10 Å². The minimum absolute atomic E-state index is 0.124. The van der Waals surface area contributed by atoms with E-state index in [1.165, 1.54) is 36.9 Å². The first-order valence-electron chi connectivity index (χ1n) is 8.36. The molecule has 0 aromatic heterocycles. The monoisotopic (exact) mass is 291 g/mol. The molecule has 0 unspecified atom stereocenters. The predicted molar refractivity (Wildman–Crippen MR) is 93.7 cm³/mol. The van der Waals surface area contributed by atoms with E-state index in [2.05, 4.69) is 58.0 Å². The molecule has 0 spiro atoms. The molecule has 2 heteroatoms. The summed E-state index contributed by atoms with van der Waals surface area (Å²) in [5.74, 6) is 1.07. The molecule has 0 heterocycles. The summed E-state index contributed by atoms with van der Waals surface area (Å²) in [6.07, 6.45) is 5.44. The van der Waals surface area contributed by atoms with Crippen molar-refractivity contribution in [1.29, 1.82) is 0 Å². The zero-order valence-corrected chi connectivity index (χ0v) is 15.0. The molecule has 1 saturated carbocycles. The summed E-state index contributed by atoms with van der Waals surface area (Å²) >= 11 is 0. The van der Waals surface area contributed by atoms with Gasteiger partial charge in [-0.1, -0.05) is 40.7 Å². The van der Waals surface area contributed by atoms with Crippen molar-refractivity contribution in [2.45, 2.75) is 71.8 Å². The molecule has 2 nitrogen and oxygen atoms in total. The largest absolute Gasteiger partial charge is 0.490 e. The number of hydrogen-bond donors (Lipinski definition) is 0. The van der Waals surface area contributed by atoms with Crippen LogP contribution in [0.2, 0.25) is 0 Å². The molecule has 1 aromatic rings. The third-order valence-corrected chi connectivity index (χ3v) is 3.89. The second-order valence-corrected chi connectivity index (χ2v) is 6.85. The number of anilines is 1. The van der Waals surface area contributed by atoms with Crippen molar-refractivity contribution in [3.63, 3.8) is 0 Å². The van der Waals surface area contributed by atoms with Crippen molar-refractivity contribution in [3.8, 4) is 5.75 Å². The molecule has 0 radical (unpaired) electrons. The van der Waals surface area contributed by atoms with Crippen LogP contribution in [0.5, 0.6) is 5.75 Å². The standard InChI is InChI=1S/C17H27NO.C2H6/c1-17(2,3)15-11-10-13(18(4)5)12-16(15)19-14-8-6-7-9-14;1-2/h10-12,14H,6-9H2,1-5H3;1-2H3. The Morgan fingerprint density at radius 1 is 1.05 bits per heavy atom. The van der Waals surface area contributed by atoms with Crippen molar-refractivity contribution < 1.29 is 4.74 Å². The van der Waals surface area contributed by atoms with Crippen LogP contribution in [-0.4, -0.2) is 20.2 Å². The van der Waals surface area contributed by atoms with E-state index < -0.39 is 0 Å². The lowest BCUT2D eigenvalue weighted by Crippen LogP contribution is -2.19. The van der Waals surface area contributed by atoms with Gasteiger partial charge in [-0.2, -0.15) is 0 Å². The summed E-state index contributed by atoms with van der Waals surface area (Å²) in [6.45, 7) is 10.7. The molecular formula is C19H33NO. The van der Waals surface area contributed by atoms with Crippen LogP contribution >= 0.6 is 0 Å². The van der Waals surface area contributed by atoms with Gasteiger partial charge in [0.1, 0.15) is 5.75 Å². The highest BCUT2D eigenvalue weighted by Crippen LogP contribution is 2.36. The molecule has 1 aromatic carbocycles. The lowest BCUT2D eigenvalue weighted by molar-refractivity contribution is 0.205. The molecular weight excluding hydrogens is 258 g/mol. The fourth-order valence-corrected chi connectivity index (χ4v) is 2.69. The first kappa shape index (κ1) is 17.9. The van der Waals surface area contributed by atoms with Crippen molar-refractivity contribution in [2.24, 2.45) is 0 Å². The summed E-state index contributed by atoms with van der Waals surface area (Å²) in [5, 5.41) is 0. The van der Waals surface area contributed by atoms with E-state index in [1.54, 1.807) is 0 Å². The first-order chi connectivity index (χ1) is 9.88. The van der Waals surface area contributed by atoms with E-state index in [1.807, 2.05) is 13.8 Å². The molecule has 0 amide bonds. The molecule has 1 aliphatic carbocycles. The third-order valence-electron chi connectivity index (χ3n) is 3.89. The lowest BCUT2D eigenvalue weighted by atomic mass is 9.86. The van der Waals surface area contributed by atoms with Crippen LogP contribution in [0.4, 0.5) is 5.69 Å². The Bertz CT molecular complexity index is 426. The number of ether oxygens (including phenoxy) is 1. The van der Waals surface area contributed by atoms with Crippen LogP contribution in [0.15, 0.2) is 18.2 Å². The summed E-state index contributed by atoms with van der Waals surface area (Å²) in [7, 11) is 4.15. The van der Waals surface area contributed by atoms with Crippen molar-refractivity contribution in [1.82, 2.24) is 0 Å². The molecule has 0 saturated heterocycles. The highest BCUT2D eigenvalue weighted by molar-refractivity contribution is 5.54. The smallest absolute Gasteiger partial charge is 0.125 e. The van der Waals surface area contributed by atoms with E-state index in [0.29, 0.717) is 6.10 Å². The van der Waals surface area contributed by atoms with Crippen LogP contribution in [0.3, 0.4) is 0 Å². The van der Waals surface area contributed by atoms with Gasteiger partial charge in [0, 0.05) is 25.8 Å². The zero-order valence-electron chi connectivity index (χ0n) is 15.0. The van der Waals surface area contributed by atoms with Gasteiger partial charge in [0.25, 0.3) is 0 Å². The van der Waals surface area contributed by atoms with Crippen LogP contribution in [0, 0.1) is 0 Å². The topological polar surface area (TPSA) is 12.5 Å². The maximum absolute atomic E-state index is 6.30. The average Bonchev–Trinajstić information content (AvgIpc) is 2.92. The van der Waals surface area contributed by atoms with Gasteiger partial charge in [0.2, 0.25) is 0 Å². The molecule has 2 rings (SSSR count). The zero-order chi connectivity index (χ0) is 16.0. The van der Waals surface area contributed by atoms with Crippen LogP contribution in [0.1, 0.15) is 65.9 Å². The molecule has 0 atom stereocenters. The Morgan fingerprint density at radius 2 is 1.62 bits per heavy atom. The van der Waals surface area contributed by atoms with E-state index in [4.69, 9.17) is 4.74 Å². The van der Waals surface area contributed by atoms with E-state index >= 15 is 0 Å². The van der Waals surface area contributed by atoms with Crippen LogP contribution in [0.25, 0.3) is 0 Å². The molecule has 0 bridgehead atoms. The number of rotatable bonds is 3. The quantitative estimate of drug-likeness (QED) is 0.739. The van der Waals surface area contributed by atoms with Gasteiger partial charge >= 0.3 is 0 Å². The molecule has 0 N–H and O–H groups in total. The summed E-state index contributed by atoms with van der Waals surface area (Å²) in [5.41, 5.74) is 2.64. The van der Waals surface area contributed by atoms with E-state index in [0.717, 1.165) is 5.75 Å². The maximum atomic E-state index is 6.30. The maximum Gasteiger partial charge on any atom is 0.125 e. The highest BCUT2D eigenvalue weighted by Gasteiger charge is 2.23. The average molecular weight is 291 g/mol. The van der Waals surface area contributed by atoms with Crippen molar-refractivity contribution >= 4 is 5.69 Å². The normalized spacial score (nSPS) is 15.4. The SMILES string of the molecule is CC.CN(C)c1ccc(C(C)(C)C)c(OC2CCCC2)c1. The second kappa shape index (κ2) is 7.72. The van der Waals surface area contributed by atoms with Crippen LogP contribution in [-0.2, 0) is 5.41 Å². The summed E-state index contributed by atoms with van der Waals surface area (Å²) in [6, 6.07) is 6.60. The second-order valence-electron chi connectivity index (χ2n) is 6.85. The Balaban J connectivity index is 0.00000106. The van der Waals surface area contributed by atoms with Crippen molar-refractivity contribution in [3.05, 3.63) is 23.8 Å². The molecule has 120 valence electrons. The Hall–Kier alpha value is -1.18. The molecule has 0 aliphatic heterocycles. The van der Waals surface area contributed by atoms with Crippen LogP contribution < -0.4 is 9.64 Å². The number of benzene rings is 1. The summed E-state index contributed by atoms with van der Waals surface area (Å²) in [4.78, 5) is 2.13. The van der Waals surface area contributed by atoms with E-state index in [9.17, 15) is 0 Å². The number of nitrogens with zero attached hydrogens (tertiary/aromatic N) is 1. The summed E-state index contributed by atoms with van der Waals surface area (Å²) < 4.78 is 6.30. The third kappa shape index (κ3) is 4.94. The van der Waals surface area contributed by atoms with E-state index in [-0.39, 0.29) is 5.41 Å². The molecule has 21 heavy (non-hydrogen) atoms. The highest BCUT2D eigenvalue weighted by atomic mass is 16.5.